The molecule has 0 unspecified atom stereocenters. The Kier molecular flexibility index (Phi) is 6.65. The Labute approximate surface area is 164 Å². The summed E-state index contributed by atoms with van der Waals surface area (Å²) in [5.41, 5.74) is 5.77. The smallest absolute Gasteiger partial charge is 0.261 e. The number of nitrogens with two attached hydrogens (primary N) is 2. The summed E-state index contributed by atoms with van der Waals surface area (Å²) in [6.07, 6.45) is 1.77. The molecule has 0 atom stereocenters. The van der Waals surface area contributed by atoms with E-state index in [1.807, 2.05) is 6.92 Å². The van der Waals surface area contributed by atoms with Gasteiger partial charge in [0.2, 0.25) is 15.9 Å². The summed E-state index contributed by atoms with van der Waals surface area (Å²) < 4.78 is 51.0. The van der Waals surface area contributed by atoms with E-state index >= 15 is 0 Å². The average molecular weight is 427 g/mol. The standard InChI is InChI=1S/C17H22N4O5S2/c1-2-3-10-20-15-9-8-14(27(19,23)24)11-16(15)21-28(25,26)13-6-4-12(5-7-13)17(18)22/h4-9,11,20-21H,2-3,10H2,1H3,(H2,18,22)(H2,19,23,24). The second-order valence-corrected chi connectivity index (χ2v) is 9.27. The van der Waals surface area contributed by atoms with E-state index < -0.39 is 26.0 Å². The van der Waals surface area contributed by atoms with Crippen LogP contribution in [0.5, 0.6) is 0 Å². The Morgan fingerprint density at radius 1 is 0.964 bits per heavy atom. The molecule has 28 heavy (non-hydrogen) atoms. The molecule has 0 aliphatic heterocycles. The summed E-state index contributed by atoms with van der Waals surface area (Å²) >= 11 is 0. The van der Waals surface area contributed by atoms with Gasteiger partial charge in [0.15, 0.2) is 0 Å². The van der Waals surface area contributed by atoms with Gasteiger partial charge in [-0.15, -0.1) is 0 Å². The van der Waals surface area contributed by atoms with E-state index in [2.05, 4.69) is 10.0 Å². The van der Waals surface area contributed by atoms with Crippen LogP contribution in [0.3, 0.4) is 0 Å². The molecular weight excluding hydrogens is 404 g/mol. The normalized spacial score (nSPS) is 11.8. The molecule has 0 aliphatic rings. The van der Waals surface area contributed by atoms with Crippen molar-refractivity contribution in [2.75, 3.05) is 16.6 Å². The van der Waals surface area contributed by atoms with Gasteiger partial charge in [0.25, 0.3) is 10.0 Å². The van der Waals surface area contributed by atoms with Crippen LogP contribution >= 0.6 is 0 Å². The Morgan fingerprint density at radius 2 is 1.57 bits per heavy atom. The van der Waals surface area contributed by atoms with Gasteiger partial charge >= 0.3 is 0 Å². The molecule has 1 amide bonds. The predicted octanol–water partition coefficient (Wildman–Crippen LogP) is 1.45. The summed E-state index contributed by atoms with van der Waals surface area (Å²) in [7, 11) is -8.07. The average Bonchev–Trinajstić information content (AvgIpc) is 2.62. The monoisotopic (exact) mass is 426 g/mol. The van der Waals surface area contributed by atoms with Crippen molar-refractivity contribution < 1.29 is 21.6 Å². The summed E-state index contributed by atoms with van der Waals surface area (Å²) in [5, 5.41) is 8.22. The highest BCUT2D eigenvalue weighted by Gasteiger charge is 2.19. The van der Waals surface area contributed by atoms with Gasteiger partial charge in [0.05, 0.1) is 21.2 Å². The number of sulfonamides is 2. The maximum Gasteiger partial charge on any atom is 0.261 e. The van der Waals surface area contributed by atoms with Gasteiger partial charge in [-0.05, 0) is 48.9 Å². The van der Waals surface area contributed by atoms with E-state index in [0.29, 0.717) is 12.2 Å². The molecule has 0 heterocycles. The Morgan fingerprint density at radius 3 is 2.11 bits per heavy atom. The molecule has 0 saturated heterocycles. The van der Waals surface area contributed by atoms with Gasteiger partial charge in [0.1, 0.15) is 0 Å². The molecule has 2 aromatic rings. The third kappa shape index (κ3) is 5.44. The quantitative estimate of drug-likeness (QED) is 0.444. The number of rotatable bonds is 9. The number of nitrogens with one attached hydrogen (secondary N) is 2. The van der Waals surface area contributed by atoms with Crippen molar-refractivity contribution in [2.24, 2.45) is 10.9 Å². The SMILES string of the molecule is CCCCNc1ccc(S(N)(=O)=O)cc1NS(=O)(=O)c1ccc(C(N)=O)cc1. The number of carbonyl (C=O) groups is 1. The lowest BCUT2D eigenvalue weighted by Crippen LogP contribution is -2.17. The Bertz CT molecular complexity index is 1070. The number of hydrogen-bond donors (Lipinski definition) is 4. The van der Waals surface area contributed by atoms with Crippen LogP contribution in [0.15, 0.2) is 52.3 Å². The van der Waals surface area contributed by atoms with Crippen LogP contribution in [0, 0.1) is 0 Å². The van der Waals surface area contributed by atoms with Gasteiger partial charge < -0.3 is 11.1 Å². The highest BCUT2D eigenvalue weighted by atomic mass is 32.2. The van der Waals surface area contributed by atoms with Crippen molar-refractivity contribution in [2.45, 2.75) is 29.6 Å². The third-order valence-corrected chi connectivity index (χ3v) is 6.15. The first-order valence-corrected chi connectivity index (χ1v) is 11.4. The molecule has 0 fully saturated rings. The first-order valence-electron chi connectivity index (χ1n) is 8.38. The van der Waals surface area contributed by atoms with Crippen molar-refractivity contribution in [3.05, 3.63) is 48.0 Å². The van der Waals surface area contributed by atoms with Crippen LogP contribution in [0.25, 0.3) is 0 Å². The van der Waals surface area contributed by atoms with Crippen LogP contribution in [0.1, 0.15) is 30.1 Å². The lowest BCUT2D eigenvalue weighted by atomic mass is 10.2. The number of primary sulfonamides is 1. The van der Waals surface area contributed by atoms with Gasteiger partial charge in [0, 0.05) is 12.1 Å². The number of benzene rings is 2. The molecule has 2 rings (SSSR count). The number of unbranched alkanes of at least 4 members (excludes halogenated alkanes) is 1. The highest BCUT2D eigenvalue weighted by Crippen LogP contribution is 2.28. The minimum absolute atomic E-state index is 0.0432. The van der Waals surface area contributed by atoms with E-state index in [1.54, 1.807) is 0 Å². The van der Waals surface area contributed by atoms with Crippen molar-refractivity contribution in [3.8, 4) is 0 Å². The van der Waals surface area contributed by atoms with E-state index in [4.69, 9.17) is 10.9 Å². The molecule has 0 radical (unpaired) electrons. The van der Waals surface area contributed by atoms with E-state index in [-0.39, 0.29) is 21.0 Å². The second-order valence-electron chi connectivity index (χ2n) is 6.03. The van der Waals surface area contributed by atoms with Crippen molar-refractivity contribution in [1.29, 1.82) is 0 Å². The zero-order chi connectivity index (χ0) is 20.9. The Balaban J connectivity index is 2.41. The molecule has 0 saturated carbocycles. The van der Waals surface area contributed by atoms with Crippen molar-refractivity contribution in [1.82, 2.24) is 0 Å². The number of anilines is 2. The van der Waals surface area contributed by atoms with Gasteiger partial charge in [-0.2, -0.15) is 0 Å². The molecule has 0 aliphatic carbocycles. The fourth-order valence-corrected chi connectivity index (χ4v) is 3.95. The Hall–Kier alpha value is -2.63. The third-order valence-electron chi connectivity index (χ3n) is 3.86. The first kappa shape index (κ1) is 21.7. The van der Waals surface area contributed by atoms with E-state index in [9.17, 15) is 21.6 Å². The fourth-order valence-electron chi connectivity index (χ4n) is 2.34. The number of primary amides is 1. The van der Waals surface area contributed by atoms with Gasteiger partial charge in [-0.1, -0.05) is 13.3 Å². The molecular formula is C17H22N4O5S2. The van der Waals surface area contributed by atoms with E-state index in [1.165, 1.54) is 36.4 Å². The fraction of sp³-hybridized carbons (Fsp3) is 0.235. The van der Waals surface area contributed by atoms with Crippen LogP contribution in [-0.4, -0.2) is 29.3 Å². The minimum atomic E-state index is -4.05. The summed E-state index contributed by atoms with van der Waals surface area (Å²) in [5.74, 6) is -0.680. The molecule has 0 spiro atoms. The molecule has 0 aromatic heterocycles. The number of hydrogen-bond acceptors (Lipinski definition) is 6. The summed E-state index contributed by atoms with van der Waals surface area (Å²) in [6, 6.07) is 8.94. The number of amides is 1. The van der Waals surface area contributed by atoms with Crippen LogP contribution in [0.4, 0.5) is 11.4 Å². The van der Waals surface area contributed by atoms with Crippen molar-refractivity contribution >= 4 is 37.3 Å². The van der Waals surface area contributed by atoms with Crippen LogP contribution < -0.4 is 20.9 Å². The largest absolute Gasteiger partial charge is 0.383 e. The van der Waals surface area contributed by atoms with Crippen molar-refractivity contribution in [3.63, 3.8) is 0 Å². The second kappa shape index (κ2) is 8.59. The topological polar surface area (TPSA) is 161 Å². The lowest BCUT2D eigenvalue weighted by Gasteiger charge is -2.15. The molecule has 2 aromatic carbocycles. The zero-order valence-electron chi connectivity index (χ0n) is 15.2. The summed E-state index contributed by atoms with van der Waals surface area (Å²) in [6.45, 7) is 2.58. The lowest BCUT2D eigenvalue weighted by molar-refractivity contribution is 0.1000. The molecule has 9 nitrogen and oxygen atoms in total. The minimum Gasteiger partial charge on any atom is -0.383 e. The van der Waals surface area contributed by atoms with E-state index in [0.717, 1.165) is 18.9 Å². The number of carbonyl (C=O) groups excluding carboxylic acids is 1. The molecule has 152 valence electrons. The predicted molar refractivity (Wildman–Crippen MR) is 107 cm³/mol. The maximum absolute atomic E-state index is 12.7. The van der Waals surface area contributed by atoms with Gasteiger partial charge in [-0.3, -0.25) is 9.52 Å². The molecule has 6 N–H and O–H groups in total. The molecule has 11 heteroatoms. The first-order chi connectivity index (χ1) is 13.0. The van der Waals surface area contributed by atoms with Gasteiger partial charge in [-0.25, -0.2) is 22.0 Å². The summed E-state index contributed by atoms with van der Waals surface area (Å²) in [4.78, 5) is 10.8. The maximum atomic E-state index is 12.7. The highest BCUT2D eigenvalue weighted by molar-refractivity contribution is 7.92. The van der Waals surface area contributed by atoms with Crippen LogP contribution in [0.2, 0.25) is 0 Å². The molecule has 0 bridgehead atoms. The zero-order valence-corrected chi connectivity index (χ0v) is 16.8. The van der Waals surface area contributed by atoms with Crippen LogP contribution in [-0.2, 0) is 20.0 Å².